The number of rotatable bonds is 64. The van der Waals surface area contributed by atoms with Crippen LogP contribution in [0, 0.1) is 0 Å². The number of ether oxygens (including phenoxy) is 4. The van der Waals surface area contributed by atoms with E-state index in [1.54, 1.807) is 0 Å². The predicted molar refractivity (Wildman–Crippen MR) is 364 cm³/mol. The number of unbranched alkanes of at least 4 members (excludes halogenated alkanes) is 31. The molecule has 0 aliphatic heterocycles. The summed E-state index contributed by atoms with van der Waals surface area (Å²) >= 11 is 0. The quantitative estimate of drug-likeness (QED) is 0.0211. The second kappa shape index (κ2) is 65.9. The normalized spacial score (nSPS) is 13.4. The van der Waals surface area contributed by atoms with Gasteiger partial charge in [-0.2, -0.15) is 0 Å². The number of quaternary nitrogens is 1. The number of carbonyl (C=O) groups is 3. The Hall–Kier alpha value is -4.05. The van der Waals surface area contributed by atoms with Crippen LogP contribution >= 0.6 is 0 Å². The van der Waals surface area contributed by atoms with Crippen LogP contribution in [-0.2, 0) is 33.3 Å². The van der Waals surface area contributed by atoms with Gasteiger partial charge in [-0.3, -0.25) is 9.59 Å². The number of nitrogens with zero attached hydrogens (tertiary/aromatic N) is 1. The van der Waals surface area contributed by atoms with E-state index in [-0.39, 0.29) is 38.6 Å². The highest BCUT2D eigenvalue weighted by Gasteiger charge is 2.25. The van der Waals surface area contributed by atoms with Gasteiger partial charge in [-0.1, -0.05) is 290 Å². The lowest BCUT2D eigenvalue weighted by Gasteiger charge is -2.25. The van der Waals surface area contributed by atoms with Gasteiger partial charge in [0, 0.05) is 12.8 Å². The zero-order valence-electron chi connectivity index (χ0n) is 55.7. The molecular weight excluding hydrogens is 1050 g/mol. The minimum Gasteiger partial charge on any atom is -0.477 e. The van der Waals surface area contributed by atoms with Gasteiger partial charge in [0.1, 0.15) is 13.2 Å². The van der Waals surface area contributed by atoms with E-state index in [1.165, 1.54) is 180 Å². The summed E-state index contributed by atoms with van der Waals surface area (Å²) < 4.78 is 22.9. The molecule has 85 heavy (non-hydrogen) atoms. The lowest BCUT2D eigenvalue weighted by Crippen LogP contribution is -2.40. The van der Waals surface area contributed by atoms with Gasteiger partial charge in [-0.25, -0.2) is 4.79 Å². The molecule has 9 heteroatoms. The van der Waals surface area contributed by atoms with E-state index in [0.717, 1.165) is 83.5 Å². The SMILES string of the molecule is CC/C=C\C/C=C\C/C=C\C/C=C\C/C=C\C/C=C\C/C=C\C/C=C\CCCCC(=O)OC(COC(=O)CCCCCCCCCCCCCCCCCCCCCCC/C=C\CCCCCCCCCC)COC(OCC[N+](C)(C)C)C(=O)O. The largest absolute Gasteiger partial charge is 0.477 e. The molecule has 9 nitrogen and oxygen atoms in total. The van der Waals surface area contributed by atoms with Gasteiger partial charge in [-0.05, 0) is 103 Å². The zero-order chi connectivity index (χ0) is 61.9. The molecule has 0 aromatic rings. The summed E-state index contributed by atoms with van der Waals surface area (Å²) in [6.45, 7) is 4.73. The van der Waals surface area contributed by atoms with Crippen LogP contribution in [0.4, 0.5) is 0 Å². The maximum absolute atomic E-state index is 12.9. The van der Waals surface area contributed by atoms with Gasteiger partial charge in [-0.15, -0.1) is 0 Å². The molecule has 0 aromatic carbocycles. The Morgan fingerprint density at radius 2 is 0.671 bits per heavy atom. The summed E-state index contributed by atoms with van der Waals surface area (Å²) in [7, 11) is 5.96. The molecule has 0 heterocycles. The summed E-state index contributed by atoms with van der Waals surface area (Å²) in [5, 5.41) is 9.74. The molecule has 0 rings (SSSR count). The van der Waals surface area contributed by atoms with Crippen molar-refractivity contribution in [2.75, 3.05) is 47.5 Å². The fourth-order valence-corrected chi connectivity index (χ4v) is 9.67. The van der Waals surface area contributed by atoms with Crippen LogP contribution in [-0.4, -0.2) is 87.4 Å². The molecule has 0 aromatic heterocycles. The van der Waals surface area contributed by atoms with Gasteiger partial charge in [0.05, 0.1) is 34.4 Å². The first-order valence-electron chi connectivity index (χ1n) is 35.1. The number of esters is 2. The maximum Gasteiger partial charge on any atom is 0.361 e. The van der Waals surface area contributed by atoms with E-state index in [2.05, 4.69) is 123 Å². The van der Waals surface area contributed by atoms with Crippen LogP contribution in [0.25, 0.3) is 0 Å². The van der Waals surface area contributed by atoms with Crippen LogP contribution in [0.5, 0.6) is 0 Å². The van der Waals surface area contributed by atoms with Gasteiger partial charge in [0.2, 0.25) is 0 Å². The van der Waals surface area contributed by atoms with Crippen molar-refractivity contribution in [1.82, 2.24) is 0 Å². The lowest BCUT2D eigenvalue weighted by molar-refractivity contribution is -0.870. The minimum atomic E-state index is -1.53. The molecule has 0 aliphatic rings. The molecule has 0 saturated heterocycles. The van der Waals surface area contributed by atoms with E-state index in [1.807, 2.05) is 21.1 Å². The second-order valence-electron chi connectivity index (χ2n) is 24.5. The third kappa shape index (κ3) is 67.3. The van der Waals surface area contributed by atoms with Crippen molar-refractivity contribution in [3.8, 4) is 0 Å². The summed E-state index contributed by atoms with van der Waals surface area (Å²) in [4.78, 5) is 37.6. The third-order valence-electron chi connectivity index (χ3n) is 15.0. The highest BCUT2D eigenvalue weighted by molar-refractivity contribution is 5.71. The number of carboxylic acids is 1. The zero-order valence-corrected chi connectivity index (χ0v) is 55.7. The smallest absolute Gasteiger partial charge is 0.361 e. The number of hydrogen-bond donors (Lipinski definition) is 1. The average Bonchev–Trinajstić information content (AvgIpc) is 3.48. The maximum atomic E-state index is 12.9. The fraction of sp³-hybridized carbons (Fsp3) is 0.724. The van der Waals surface area contributed by atoms with Crippen LogP contribution in [0.2, 0.25) is 0 Å². The van der Waals surface area contributed by atoms with Crippen LogP contribution < -0.4 is 0 Å². The third-order valence-corrected chi connectivity index (χ3v) is 15.0. The van der Waals surface area contributed by atoms with Crippen LogP contribution in [0.3, 0.4) is 0 Å². The summed E-state index contributed by atoms with van der Waals surface area (Å²) in [6.07, 6.45) is 89.3. The number of aliphatic carboxylic acids is 1. The van der Waals surface area contributed by atoms with Crippen molar-refractivity contribution in [2.45, 2.75) is 309 Å². The average molecular weight is 1190 g/mol. The minimum absolute atomic E-state index is 0.174. The molecule has 488 valence electrons. The Labute approximate surface area is 524 Å². The molecule has 0 saturated carbocycles. The van der Waals surface area contributed by atoms with Gasteiger partial charge in [0.15, 0.2) is 6.10 Å². The second-order valence-corrected chi connectivity index (χ2v) is 24.5. The van der Waals surface area contributed by atoms with Crippen molar-refractivity contribution in [3.05, 3.63) is 109 Å². The van der Waals surface area contributed by atoms with Gasteiger partial charge >= 0.3 is 17.9 Å². The molecule has 2 atom stereocenters. The molecule has 0 aliphatic carbocycles. The van der Waals surface area contributed by atoms with E-state index in [4.69, 9.17) is 18.9 Å². The monoisotopic (exact) mass is 1190 g/mol. The summed E-state index contributed by atoms with van der Waals surface area (Å²) in [5.74, 6) is -2.06. The highest BCUT2D eigenvalue weighted by Crippen LogP contribution is 2.17. The Bertz CT molecular complexity index is 1760. The summed E-state index contributed by atoms with van der Waals surface area (Å²) in [6, 6.07) is 0. The first-order chi connectivity index (χ1) is 41.6. The first kappa shape index (κ1) is 81.0. The molecule has 2 unspecified atom stereocenters. The fourth-order valence-electron chi connectivity index (χ4n) is 9.67. The number of likely N-dealkylation sites (N-methyl/N-ethyl adjacent to an activating group) is 1. The molecule has 0 radical (unpaired) electrons. The van der Waals surface area contributed by atoms with Crippen LogP contribution in [0.1, 0.15) is 296 Å². The topological polar surface area (TPSA) is 108 Å². The van der Waals surface area contributed by atoms with Crippen LogP contribution in [0.15, 0.2) is 109 Å². The molecule has 0 fully saturated rings. The standard InChI is InChI=1S/C76H131NO8/c1-6-8-10-12-14-16-18-20-22-24-26-28-30-32-34-35-36-37-38-39-41-42-44-46-48-50-52-54-56-58-60-62-64-66-73(78)83-70-72(71-84-76(75(80)81)82-69-68-77(3,4)5)85-74(79)67-65-63-61-59-57-55-53-51-49-47-45-43-40-33-31-29-27-25-23-21-19-17-15-13-11-9-7-2/h9,11,15,17,21,23-24,26-27,29,33,40,45,47,51,53,57,59,72,76H,6-8,10,12-14,16,18-20,22,25,28,30-32,34-39,41-44,46,48-50,52,54-56,58,60-71H2,1-5H3/p+1/b11-9-,17-15-,23-21-,26-24-,29-27-,40-33-,47-45-,53-51-,59-57-. The first-order valence-corrected chi connectivity index (χ1v) is 35.1. The van der Waals surface area contributed by atoms with E-state index >= 15 is 0 Å². The van der Waals surface area contributed by atoms with Crippen molar-refractivity contribution in [3.63, 3.8) is 0 Å². The Balaban J connectivity index is 4.17. The Kier molecular flexibility index (Phi) is 62.8. The van der Waals surface area contributed by atoms with Crippen molar-refractivity contribution >= 4 is 17.9 Å². The van der Waals surface area contributed by atoms with Crippen molar-refractivity contribution in [2.24, 2.45) is 0 Å². The molecular formula is C76H132NO8+. The molecule has 0 amide bonds. The summed E-state index contributed by atoms with van der Waals surface area (Å²) in [5.41, 5.74) is 0. The number of hydrogen-bond acceptors (Lipinski definition) is 7. The lowest BCUT2D eigenvalue weighted by atomic mass is 10.0. The number of allylic oxidation sites excluding steroid dienone is 18. The number of carboxylic acid groups (broad SMARTS) is 1. The van der Waals surface area contributed by atoms with Crippen molar-refractivity contribution < 1.29 is 42.9 Å². The van der Waals surface area contributed by atoms with Gasteiger partial charge in [0.25, 0.3) is 6.29 Å². The highest BCUT2D eigenvalue weighted by atomic mass is 16.7. The number of carbonyl (C=O) groups excluding carboxylic acids is 2. The molecule has 0 spiro atoms. The predicted octanol–water partition coefficient (Wildman–Crippen LogP) is 21.8. The van der Waals surface area contributed by atoms with E-state index < -0.39 is 24.3 Å². The van der Waals surface area contributed by atoms with E-state index in [0.29, 0.717) is 17.4 Å². The van der Waals surface area contributed by atoms with Crippen molar-refractivity contribution in [1.29, 1.82) is 0 Å². The Morgan fingerprint density at radius 1 is 0.365 bits per heavy atom. The van der Waals surface area contributed by atoms with Gasteiger partial charge < -0.3 is 28.5 Å². The molecule has 0 bridgehead atoms. The molecule has 1 N–H and O–H groups in total. The Morgan fingerprint density at radius 3 is 1.04 bits per heavy atom. The van der Waals surface area contributed by atoms with E-state index in [9.17, 15) is 19.5 Å².